The molecular weight excluding hydrogens is 355 g/mol. The van der Waals surface area contributed by atoms with Crippen molar-refractivity contribution in [2.45, 2.75) is 26.8 Å². The summed E-state index contributed by atoms with van der Waals surface area (Å²) in [5.74, 6) is -0.134. The molecule has 1 aromatic heterocycles. The summed E-state index contributed by atoms with van der Waals surface area (Å²) < 4.78 is 13.7. The van der Waals surface area contributed by atoms with E-state index in [0.717, 1.165) is 5.56 Å². The van der Waals surface area contributed by atoms with E-state index in [0.29, 0.717) is 42.4 Å². The number of rotatable bonds is 7. The number of hydrogen-bond donors (Lipinski definition) is 2. The maximum absolute atomic E-state index is 13.7. The Morgan fingerprint density at radius 3 is 2.54 bits per heavy atom. The highest BCUT2D eigenvalue weighted by molar-refractivity contribution is 5.92. The fourth-order valence-electron chi connectivity index (χ4n) is 2.75. The zero-order chi connectivity index (χ0) is 19.9. The third-order valence-electron chi connectivity index (χ3n) is 4.30. The number of carbonyl (C=O) groups excluding carboxylic acids is 1. The molecule has 0 unspecified atom stereocenters. The van der Waals surface area contributed by atoms with Crippen molar-refractivity contribution in [3.8, 4) is 0 Å². The Morgan fingerprint density at radius 2 is 1.79 bits per heavy atom. The number of halogens is 1. The SMILES string of the molecule is Cc1ccc(CNC(=O)c2cc(C)nc(NCCc3ccccc3F)n2)cc1. The molecule has 0 saturated heterocycles. The molecule has 0 aliphatic carbocycles. The average Bonchev–Trinajstić information content (AvgIpc) is 2.68. The van der Waals surface area contributed by atoms with Crippen LogP contribution in [0.4, 0.5) is 10.3 Å². The Kier molecular flexibility index (Phi) is 6.32. The Bertz CT molecular complexity index is 957. The summed E-state index contributed by atoms with van der Waals surface area (Å²) in [5, 5.41) is 5.94. The summed E-state index contributed by atoms with van der Waals surface area (Å²) in [6, 6.07) is 16.3. The zero-order valence-electron chi connectivity index (χ0n) is 16.0. The van der Waals surface area contributed by atoms with Crippen molar-refractivity contribution >= 4 is 11.9 Å². The lowest BCUT2D eigenvalue weighted by atomic mass is 10.1. The molecule has 6 heteroatoms. The minimum atomic E-state index is -0.261. The molecule has 28 heavy (non-hydrogen) atoms. The van der Waals surface area contributed by atoms with Crippen LogP contribution >= 0.6 is 0 Å². The van der Waals surface area contributed by atoms with Crippen molar-refractivity contribution in [1.82, 2.24) is 15.3 Å². The smallest absolute Gasteiger partial charge is 0.270 e. The van der Waals surface area contributed by atoms with Crippen LogP contribution in [0, 0.1) is 19.7 Å². The molecule has 2 aromatic carbocycles. The number of anilines is 1. The molecule has 3 aromatic rings. The largest absolute Gasteiger partial charge is 0.354 e. The van der Waals surface area contributed by atoms with Gasteiger partial charge in [-0.25, -0.2) is 14.4 Å². The lowest BCUT2D eigenvalue weighted by Crippen LogP contribution is -2.24. The Balaban J connectivity index is 1.59. The number of amides is 1. The Hall–Kier alpha value is -3.28. The van der Waals surface area contributed by atoms with Crippen molar-refractivity contribution in [2.75, 3.05) is 11.9 Å². The summed E-state index contributed by atoms with van der Waals surface area (Å²) in [6.07, 6.45) is 0.499. The van der Waals surface area contributed by atoms with Crippen LogP contribution in [0.25, 0.3) is 0 Å². The first kappa shape index (κ1) is 19.5. The van der Waals surface area contributed by atoms with Gasteiger partial charge in [0.15, 0.2) is 0 Å². The fraction of sp³-hybridized carbons (Fsp3) is 0.227. The van der Waals surface area contributed by atoms with E-state index in [2.05, 4.69) is 20.6 Å². The maximum atomic E-state index is 13.7. The summed E-state index contributed by atoms with van der Waals surface area (Å²) in [5.41, 5.74) is 3.80. The first-order valence-corrected chi connectivity index (χ1v) is 9.18. The van der Waals surface area contributed by atoms with E-state index in [1.807, 2.05) is 31.2 Å². The predicted octanol–water partition coefficient (Wildman–Crippen LogP) is 3.82. The van der Waals surface area contributed by atoms with Gasteiger partial charge in [-0.05, 0) is 43.5 Å². The monoisotopic (exact) mass is 378 g/mol. The molecule has 1 amide bonds. The first-order valence-electron chi connectivity index (χ1n) is 9.18. The summed E-state index contributed by atoms with van der Waals surface area (Å²) in [6.45, 7) is 4.72. The number of nitrogens with zero attached hydrogens (tertiary/aromatic N) is 2. The minimum absolute atomic E-state index is 0.231. The standard InChI is InChI=1S/C22H23FN4O/c1-15-7-9-17(10-8-15)14-25-21(28)20-13-16(2)26-22(27-20)24-12-11-18-5-3-4-6-19(18)23/h3-10,13H,11-12,14H2,1-2H3,(H,25,28)(H,24,26,27). The molecular formula is C22H23FN4O. The topological polar surface area (TPSA) is 66.9 Å². The normalized spacial score (nSPS) is 10.5. The molecule has 0 radical (unpaired) electrons. The highest BCUT2D eigenvalue weighted by atomic mass is 19.1. The van der Waals surface area contributed by atoms with E-state index < -0.39 is 0 Å². The van der Waals surface area contributed by atoms with Gasteiger partial charge in [0.2, 0.25) is 5.95 Å². The van der Waals surface area contributed by atoms with Crippen LogP contribution in [0.5, 0.6) is 0 Å². The number of nitrogens with one attached hydrogen (secondary N) is 2. The molecule has 144 valence electrons. The molecule has 1 heterocycles. The van der Waals surface area contributed by atoms with Gasteiger partial charge in [-0.3, -0.25) is 4.79 Å². The van der Waals surface area contributed by atoms with Crippen molar-refractivity contribution in [3.63, 3.8) is 0 Å². The van der Waals surface area contributed by atoms with Gasteiger partial charge in [-0.1, -0.05) is 48.0 Å². The van der Waals surface area contributed by atoms with Crippen LogP contribution in [0.1, 0.15) is 32.9 Å². The van der Waals surface area contributed by atoms with Crippen LogP contribution in [0.15, 0.2) is 54.6 Å². The van der Waals surface area contributed by atoms with Crippen LogP contribution in [0.2, 0.25) is 0 Å². The van der Waals surface area contributed by atoms with Gasteiger partial charge in [0, 0.05) is 18.8 Å². The molecule has 0 bridgehead atoms. The van der Waals surface area contributed by atoms with E-state index >= 15 is 0 Å². The van der Waals surface area contributed by atoms with Gasteiger partial charge in [0.25, 0.3) is 5.91 Å². The highest BCUT2D eigenvalue weighted by Gasteiger charge is 2.11. The predicted molar refractivity (Wildman–Crippen MR) is 108 cm³/mol. The quantitative estimate of drug-likeness (QED) is 0.656. The van der Waals surface area contributed by atoms with Gasteiger partial charge in [-0.15, -0.1) is 0 Å². The number of carbonyl (C=O) groups is 1. The second-order valence-electron chi connectivity index (χ2n) is 6.65. The molecule has 2 N–H and O–H groups in total. The Labute approximate surface area is 164 Å². The van der Waals surface area contributed by atoms with E-state index in [-0.39, 0.29) is 11.7 Å². The molecule has 0 atom stereocenters. The second-order valence-corrected chi connectivity index (χ2v) is 6.65. The van der Waals surface area contributed by atoms with Crippen molar-refractivity contribution in [2.24, 2.45) is 0 Å². The Morgan fingerprint density at radius 1 is 1.04 bits per heavy atom. The third kappa shape index (κ3) is 5.36. The van der Waals surface area contributed by atoms with Gasteiger partial charge < -0.3 is 10.6 Å². The lowest BCUT2D eigenvalue weighted by Gasteiger charge is -2.09. The second kappa shape index (κ2) is 9.08. The van der Waals surface area contributed by atoms with Crippen LogP contribution in [-0.4, -0.2) is 22.4 Å². The number of benzene rings is 2. The molecule has 5 nitrogen and oxygen atoms in total. The minimum Gasteiger partial charge on any atom is -0.354 e. The van der Waals surface area contributed by atoms with E-state index in [4.69, 9.17) is 0 Å². The van der Waals surface area contributed by atoms with Crippen molar-refractivity contribution < 1.29 is 9.18 Å². The fourth-order valence-corrected chi connectivity index (χ4v) is 2.75. The van der Waals surface area contributed by atoms with Crippen LogP contribution < -0.4 is 10.6 Å². The summed E-state index contributed by atoms with van der Waals surface area (Å²) >= 11 is 0. The molecule has 0 fully saturated rings. The molecule has 0 saturated carbocycles. The van der Waals surface area contributed by atoms with Gasteiger partial charge in [0.05, 0.1) is 0 Å². The molecule has 3 rings (SSSR count). The summed E-state index contributed by atoms with van der Waals surface area (Å²) in [4.78, 5) is 21.0. The highest BCUT2D eigenvalue weighted by Crippen LogP contribution is 2.09. The number of hydrogen-bond acceptors (Lipinski definition) is 4. The van der Waals surface area contributed by atoms with Gasteiger partial charge >= 0.3 is 0 Å². The van der Waals surface area contributed by atoms with Crippen LogP contribution in [-0.2, 0) is 13.0 Å². The first-order chi connectivity index (χ1) is 13.5. The van der Waals surface area contributed by atoms with E-state index in [1.165, 1.54) is 11.6 Å². The number of aromatic nitrogens is 2. The van der Waals surface area contributed by atoms with Crippen molar-refractivity contribution in [1.29, 1.82) is 0 Å². The van der Waals surface area contributed by atoms with Crippen LogP contribution in [0.3, 0.4) is 0 Å². The van der Waals surface area contributed by atoms with E-state index in [1.54, 1.807) is 31.2 Å². The molecule has 0 spiro atoms. The lowest BCUT2D eigenvalue weighted by molar-refractivity contribution is 0.0945. The average molecular weight is 378 g/mol. The van der Waals surface area contributed by atoms with Crippen molar-refractivity contribution in [3.05, 3.63) is 88.5 Å². The van der Waals surface area contributed by atoms with Gasteiger partial charge in [-0.2, -0.15) is 0 Å². The molecule has 0 aliphatic heterocycles. The summed E-state index contributed by atoms with van der Waals surface area (Å²) in [7, 11) is 0. The zero-order valence-corrected chi connectivity index (χ0v) is 16.0. The molecule has 0 aliphatic rings. The van der Waals surface area contributed by atoms with E-state index in [9.17, 15) is 9.18 Å². The maximum Gasteiger partial charge on any atom is 0.270 e. The number of aryl methyl sites for hydroxylation is 2. The van der Waals surface area contributed by atoms with Gasteiger partial charge in [0.1, 0.15) is 11.5 Å². The third-order valence-corrected chi connectivity index (χ3v) is 4.30.